The van der Waals surface area contributed by atoms with Crippen LogP contribution in [0.2, 0.25) is 0 Å². The molecule has 0 spiro atoms. The van der Waals surface area contributed by atoms with E-state index in [1.54, 1.807) is 25.3 Å². The zero-order valence-electron chi connectivity index (χ0n) is 12.7. The van der Waals surface area contributed by atoms with E-state index in [1.807, 2.05) is 6.92 Å². The third kappa shape index (κ3) is 4.14. The highest BCUT2D eigenvalue weighted by Crippen LogP contribution is 2.31. The van der Waals surface area contributed by atoms with E-state index in [4.69, 9.17) is 10.5 Å². The molecule has 8 heteroatoms. The first-order valence-corrected chi connectivity index (χ1v) is 9.19. The molecule has 0 aromatic heterocycles. The quantitative estimate of drug-likeness (QED) is 0.823. The summed E-state index contributed by atoms with van der Waals surface area (Å²) in [7, 11) is -1.96. The standard InChI is InChI=1S/C14H21BrN2O3S.ClH/c1-10(16)11-4-3-7-17(9-11)21(18,19)14-6-5-12(20-2)8-13(14)15;/h5-6,8,10-11H,3-4,7,9,16H2,1-2H3;1H. The second-order valence-corrected chi connectivity index (χ2v) is 8.18. The molecule has 0 amide bonds. The van der Waals surface area contributed by atoms with Crippen molar-refractivity contribution in [2.24, 2.45) is 11.7 Å². The first-order chi connectivity index (χ1) is 9.86. The number of benzene rings is 1. The van der Waals surface area contributed by atoms with Crippen LogP contribution in [-0.2, 0) is 10.0 Å². The number of halogens is 2. The first kappa shape index (κ1) is 19.7. The molecular weight excluding hydrogens is 392 g/mol. The number of hydrogen-bond donors (Lipinski definition) is 1. The lowest BCUT2D eigenvalue weighted by Gasteiger charge is -2.34. The predicted octanol–water partition coefficient (Wildman–Crippen LogP) is 2.63. The number of ether oxygens (including phenoxy) is 1. The molecule has 2 atom stereocenters. The molecule has 1 heterocycles. The monoisotopic (exact) mass is 412 g/mol. The molecule has 0 saturated carbocycles. The minimum absolute atomic E-state index is 0. The van der Waals surface area contributed by atoms with Crippen LogP contribution in [0.4, 0.5) is 0 Å². The summed E-state index contributed by atoms with van der Waals surface area (Å²) in [5, 5.41) is 0. The molecule has 0 bridgehead atoms. The molecule has 22 heavy (non-hydrogen) atoms. The van der Waals surface area contributed by atoms with Crippen molar-refractivity contribution in [1.29, 1.82) is 0 Å². The van der Waals surface area contributed by atoms with Crippen LogP contribution >= 0.6 is 28.3 Å². The van der Waals surface area contributed by atoms with Gasteiger partial charge in [-0.25, -0.2) is 8.42 Å². The lowest BCUT2D eigenvalue weighted by Crippen LogP contribution is -2.45. The summed E-state index contributed by atoms with van der Waals surface area (Å²) < 4.78 is 32.7. The number of nitrogens with zero attached hydrogens (tertiary/aromatic N) is 1. The molecule has 2 N–H and O–H groups in total. The smallest absolute Gasteiger partial charge is 0.244 e. The minimum Gasteiger partial charge on any atom is -0.497 e. The van der Waals surface area contributed by atoms with Crippen LogP contribution < -0.4 is 10.5 Å². The molecule has 1 aliphatic rings. The molecule has 2 rings (SSSR count). The fourth-order valence-corrected chi connectivity index (χ4v) is 5.13. The number of hydrogen-bond acceptors (Lipinski definition) is 4. The van der Waals surface area contributed by atoms with Crippen LogP contribution in [0.25, 0.3) is 0 Å². The summed E-state index contributed by atoms with van der Waals surface area (Å²) in [6, 6.07) is 4.90. The molecule has 1 aromatic carbocycles. The zero-order valence-corrected chi connectivity index (χ0v) is 15.9. The maximum atomic E-state index is 12.8. The average molecular weight is 414 g/mol. The highest BCUT2D eigenvalue weighted by molar-refractivity contribution is 9.10. The van der Waals surface area contributed by atoms with E-state index < -0.39 is 10.0 Å². The largest absolute Gasteiger partial charge is 0.497 e. The summed E-state index contributed by atoms with van der Waals surface area (Å²) in [4.78, 5) is 0.272. The zero-order chi connectivity index (χ0) is 15.6. The van der Waals surface area contributed by atoms with Gasteiger partial charge in [-0.05, 0) is 59.8 Å². The van der Waals surface area contributed by atoms with E-state index >= 15 is 0 Å². The Bertz CT molecular complexity index is 610. The summed E-state index contributed by atoms with van der Waals surface area (Å²) in [6.45, 7) is 2.96. The van der Waals surface area contributed by atoms with Crippen molar-refractivity contribution in [1.82, 2.24) is 4.31 Å². The second-order valence-electron chi connectivity index (χ2n) is 5.42. The third-order valence-electron chi connectivity index (χ3n) is 3.92. The Labute approximate surface area is 146 Å². The summed E-state index contributed by atoms with van der Waals surface area (Å²) in [5.41, 5.74) is 5.93. The van der Waals surface area contributed by atoms with Gasteiger partial charge in [-0.3, -0.25) is 0 Å². The van der Waals surface area contributed by atoms with Crippen LogP contribution in [0.1, 0.15) is 19.8 Å². The van der Waals surface area contributed by atoms with Crippen molar-refractivity contribution >= 4 is 38.4 Å². The molecule has 126 valence electrons. The fourth-order valence-electron chi connectivity index (χ4n) is 2.58. The summed E-state index contributed by atoms with van der Waals surface area (Å²) >= 11 is 3.32. The van der Waals surface area contributed by atoms with Crippen molar-refractivity contribution in [2.45, 2.75) is 30.7 Å². The van der Waals surface area contributed by atoms with Crippen molar-refractivity contribution in [3.8, 4) is 5.75 Å². The summed E-state index contributed by atoms with van der Waals surface area (Å²) in [6.07, 6.45) is 1.83. The van der Waals surface area contributed by atoms with Gasteiger partial charge in [0.05, 0.1) is 12.0 Å². The molecule has 5 nitrogen and oxygen atoms in total. The number of methoxy groups -OCH3 is 1. The van der Waals surface area contributed by atoms with Gasteiger partial charge >= 0.3 is 0 Å². The normalized spacial score (nSPS) is 21.0. The average Bonchev–Trinajstić information content (AvgIpc) is 2.46. The van der Waals surface area contributed by atoms with Gasteiger partial charge in [-0.1, -0.05) is 0 Å². The van der Waals surface area contributed by atoms with Crippen LogP contribution in [0, 0.1) is 5.92 Å². The highest BCUT2D eigenvalue weighted by atomic mass is 79.9. The van der Waals surface area contributed by atoms with E-state index in [0.717, 1.165) is 12.8 Å². The molecular formula is C14H22BrClN2O3S. The Morgan fingerprint density at radius 2 is 2.14 bits per heavy atom. The maximum Gasteiger partial charge on any atom is 0.244 e. The number of piperidine rings is 1. The van der Waals surface area contributed by atoms with Crippen molar-refractivity contribution in [3.05, 3.63) is 22.7 Å². The second kappa shape index (κ2) is 7.97. The van der Waals surface area contributed by atoms with Crippen molar-refractivity contribution in [3.63, 3.8) is 0 Å². The first-order valence-electron chi connectivity index (χ1n) is 6.95. The SMILES string of the molecule is COc1ccc(S(=O)(=O)N2CCCC(C(C)N)C2)c(Br)c1.Cl. The van der Waals surface area contributed by atoms with Crippen LogP contribution in [0.5, 0.6) is 5.75 Å². The predicted molar refractivity (Wildman–Crippen MR) is 93.1 cm³/mol. The van der Waals surface area contributed by atoms with E-state index in [0.29, 0.717) is 23.3 Å². The molecule has 0 aliphatic carbocycles. The van der Waals surface area contributed by atoms with Crippen LogP contribution in [0.15, 0.2) is 27.6 Å². The van der Waals surface area contributed by atoms with Crippen molar-refractivity contribution < 1.29 is 13.2 Å². The minimum atomic E-state index is -3.51. The summed E-state index contributed by atoms with van der Waals surface area (Å²) in [5.74, 6) is 0.832. The van der Waals surface area contributed by atoms with Crippen LogP contribution in [-0.4, -0.2) is 39.0 Å². The highest BCUT2D eigenvalue weighted by Gasteiger charge is 2.32. The van der Waals surface area contributed by atoms with Gasteiger partial charge < -0.3 is 10.5 Å². The van der Waals surface area contributed by atoms with E-state index in [-0.39, 0.29) is 29.3 Å². The van der Waals surface area contributed by atoms with E-state index in [1.165, 1.54) is 4.31 Å². The number of nitrogens with two attached hydrogens (primary N) is 1. The Balaban J connectivity index is 0.00000242. The van der Waals surface area contributed by atoms with E-state index in [9.17, 15) is 8.42 Å². The van der Waals surface area contributed by atoms with E-state index in [2.05, 4.69) is 15.9 Å². The Morgan fingerprint density at radius 1 is 1.45 bits per heavy atom. The van der Waals surface area contributed by atoms with Gasteiger partial charge in [0.15, 0.2) is 0 Å². The lowest BCUT2D eigenvalue weighted by molar-refractivity contribution is 0.243. The van der Waals surface area contributed by atoms with Gasteiger partial charge in [0.2, 0.25) is 10.0 Å². The molecule has 1 aromatic rings. The van der Waals surface area contributed by atoms with Gasteiger partial charge in [0.25, 0.3) is 0 Å². The number of sulfonamides is 1. The van der Waals surface area contributed by atoms with Gasteiger partial charge in [-0.15, -0.1) is 12.4 Å². The lowest BCUT2D eigenvalue weighted by atomic mass is 9.93. The molecule has 1 saturated heterocycles. The molecule has 1 fully saturated rings. The Hall–Kier alpha value is -0.340. The Morgan fingerprint density at radius 3 is 2.68 bits per heavy atom. The molecule has 2 unspecified atom stereocenters. The van der Waals surface area contributed by atoms with Crippen molar-refractivity contribution in [2.75, 3.05) is 20.2 Å². The third-order valence-corrected chi connectivity index (χ3v) is 6.76. The van der Waals surface area contributed by atoms with Gasteiger partial charge in [-0.2, -0.15) is 4.31 Å². The molecule has 0 radical (unpaired) electrons. The Kier molecular flexibility index (Phi) is 7.14. The van der Waals surface area contributed by atoms with Gasteiger partial charge in [0, 0.05) is 23.6 Å². The van der Waals surface area contributed by atoms with Crippen LogP contribution in [0.3, 0.4) is 0 Å². The van der Waals surface area contributed by atoms with Gasteiger partial charge in [0.1, 0.15) is 5.75 Å². The number of rotatable bonds is 4. The molecule has 1 aliphatic heterocycles. The maximum absolute atomic E-state index is 12.8. The topological polar surface area (TPSA) is 72.6 Å². The fraction of sp³-hybridized carbons (Fsp3) is 0.571.